The largest absolute Gasteiger partial charge is 0.310 e. The summed E-state index contributed by atoms with van der Waals surface area (Å²) in [5, 5.41) is 2.49. The van der Waals surface area contributed by atoms with Crippen LogP contribution in [0.4, 0.5) is 0 Å². The zero-order valence-corrected chi connectivity index (χ0v) is 12.8. The number of aromatic nitrogens is 1. The maximum Gasteiger partial charge on any atom is 0.310 e. The summed E-state index contributed by atoms with van der Waals surface area (Å²) in [4.78, 5) is 0. The van der Waals surface area contributed by atoms with Crippen LogP contribution in [-0.4, -0.2) is 4.37 Å². The van der Waals surface area contributed by atoms with Crippen LogP contribution in [0, 0.1) is 0 Å². The van der Waals surface area contributed by atoms with Crippen LogP contribution in [0.2, 0.25) is 10.0 Å². The summed E-state index contributed by atoms with van der Waals surface area (Å²) in [7, 11) is 0. The molecule has 1 aromatic heterocycles. The van der Waals surface area contributed by atoms with Crippen molar-refractivity contribution in [1.29, 1.82) is 0 Å². The van der Waals surface area contributed by atoms with Crippen molar-refractivity contribution in [3.63, 3.8) is 0 Å². The lowest BCUT2D eigenvalue weighted by Gasteiger charge is -1.91. The first-order chi connectivity index (χ1) is 9.22. The molecule has 0 spiro atoms. The second kappa shape index (κ2) is 5.55. The van der Waals surface area contributed by atoms with Crippen LogP contribution >= 0.6 is 46.1 Å². The van der Waals surface area contributed by atoms with Crippen molar-refractivity contribution in [3.8, 4) is 20.3 Å². The van der Waals surface area contributed by atoms with E-state index in [0.29, 0.717) is 0 Å². The molecule has 0 aliphatic heterocycles. The van der Waals surface area contributed by atoms with Crippen LogP contribution in [0.15, 0.2) is 48.5 Å². The molecule has 0 aliphatic carbocycles. The van der Waals surface area contributed by atoms with Gasteiger partial charge in [0.15, 0.2) is 0 Å². The van der Waals surface area contributed by atoms with Crippen molar-refractivity contribution in [1.82, 2.24) is 4.37 Å². The predicted molar refractivity (Wildman–Crippen MR) is 85.3 cm³/mol. The number of hydrogen-bond donors (Lipinski definition) is 0. The Morgan fingerprint density at radius 1 is 0.789 bits per heavy atom. The molecule has 5 heteroatoms. The molecule has 0 saturated heterocycles. The van der Waals surface area contributed by atoms with E-state index in [1.54, 1.807) is 11.3 Å². The maximum atomic E-state index is 5.89. The van der Waals surface area contributed by atoms with Gasteiger partial charge in [-0.1, -0.05) is 23.2 Å². The molecule has 0 amide bonds. The van der Waals surface area contributed by atoms with Gasteiger partial charge >= 0.3 is 4.19 Å². The molecular weight excluding hydrogens is 317 g/mol. The third kappa shape index (κ3) is 2.95. The zero-order valence-electron chi connectivity index (χ0n) is 9.64. The van der Waals surface area contributed by atoms with Crippen LogP contribution in [-0.2, 0) is 0 Å². The molecule has 3 rings (SSSR count). The average molecular weight is 325 g/mol. The van der Waals surface area contributed by atoms with Crippen LogP contribution in [0.3, 0.4) is 0 Å². The summed E-state index contributed by atoms with van der Waals surface area (Å²) in [5.74, 6) is 0. The highest BCUT2D eigenvalue weighted by molar-refractivity contribution is 7.34. The van der Waals surface area contributed by atoms with E-state index in [2.05, 4.69) is 4.37 Å². The normalized spacial score (nSPS) is 10.6. The van der Waals surface area contributed by atoms with Gasteiger partial charge in [-0.25, -0.2) is 0 Å². The van der Waals surface area contributed by atoms with Gasteiger partial charge in [0.1, 0.15) is 11.3 Å². The summed E-state index contributed by atoms with van der Waals surface area (Å²) >= 11 is 15.0. The third-order valence-corrected chi connectivity index (χ3v) is 5.28. The van der Waals surface area contributed by atoms with Gasteiger partial charge in [-0.15, -0.1) is 0 Å². The van der Waals surface area contributed by atoms with E-state index in [9.17, 15) is 0 Å². The van der Waals surface area contributed by atoms with Gasteiger partial charge in [0.2, 0.25) is 11.5 Å². The Morgan fingerprint density at radius 2 is 1.32 bits per heavy atom. The van der Waals surface area contributed by atoms with Gasteiger partial charge in [-0.05, 0) is 52.9 Å². The molecule has 1 heterocycles. The maximum absolute atomic E-state index is 5.89. The first kappa shape index (κ1) is 13.0. The minimum absolute atomic E-state index is 0.738. The highest BCUT2D eigenvalue weighted by Crippen LogP contribution is 2.36. The van der Waals surface area contributed by atoms with Crippen LogP contribution in [0.25, 0.3) is 20.3 Å². The fourth-order valence-corrected chi connectivity index (χ4v) is 3.82. The van der Waals surface area contributed by atoms with E-state index >= 15 is 0 Å². The monoisotopic (exact) mass is 324 g/mol. The van der Waals surface area contributed by atoms with Crippen molar-refractivity contribution in [3.05, 3.63) is 58.6 Å². The first-order valence-corrected chi connectivity index (χ1v) is 7.89. The molecule has 1 nitrogen and oxygen atoms in total. The molecule has 0 radical (unpaired) electrons. The molecule has 0 N–H and O–H groups in total. The molecular formula is C14H8Cl2NS2+. The Morgan fingerprint density at radius 3 is 1.89 bits per heavy atom. The highest BCUT2D eigenvalue weighted by Gasteiger charge is 2.19. The lowest BCUT2D eigenvalue weighted by atomic mass is 10.2. The van der Waals surface area contributed by atoms with Crippen molar-refractivity contribution < 1.29 is 0 Å². The Hall–Kier alpha value is -1.00. The van der Waals surface area contributed by atoms with Gasteiger partial charge < -0.3 is 0 Å². The van der Waals surface area contributed by atoms with Crippen molar-refractivity contribution >= 4 is 46.1 Å². The van der Waals surface area contributed by atoms with Crippen molar-refractivity contribution in [2.24, 2.45) is 0 Å². The minimum atomic E-state index is 0.738. The van der Waals surface area contributed by atoms with Gasteiger partial charge in [-0.2, -0.15) is 0 Å². The molecule has 19 heavy (non-hydrogen) atoms. The molecule has 0 fully saturated rings. The Balaban J connectivity index is 1.95. The zero-order chi connectivity index (χ0) is 13.2. The van der Waals surface area contributed by atoms with Gasteiger partial charge in [0.05, 0.1) is 5.56 Å². The molecule has 0 aliphatic rings. The number of benzene rings is 2. The summed E-state index contributed by atoms with van der Waals surface area (Å²) in [6.07, 6.45) is 0. The van der Waals surface area contributed by atoms with E-state index in [1.807, 2.05) is 48.5 Å². The fourth-order valence-electron chi connectivity index (χ4n) is 1.61. The van der Waals surface area contributed by atoms with E-state index in [0.717, 1.165) is 26.2 Å². The van der Waals surface area contributed by atoms with Gasteiger partial charge in [-0.3, -0.25) is 0 Å². The first-order valence-electron chi connectivity index (χ1n) is 5.54. The molecule has 0 saturated carbocycles. The standard InChI is InChI=1S/C14H8Cl2NS2/c15-11-5-1-9(2-6-11)13-17-19-14(18-13)10-3-7-12(16)8-4-10/h1-8H/q+1. The SMILES string of the molecule is Clc1ccc(-c2nsc(-c3ccc(Cl)cc3)[s+]2)cc1. The molecule has 94 valence electrons. The summed E-state index contributed by atoms with van der Waals surface area (Å²) in [5.41, 5.74) is 2.23. The van der Waals surface area contributed by atoms with E-state index in [-0.39, 0.29) is 0 Å². The number of rotatable bonds is 2. The average Bonchev–Trinajstić information content (AvgIpc) is 2.90. The van der Waals surface area contributed by atoms with Crippen LogP contribution in [0.1, 0.15) is 0 Å². The molecule has 2 aromatic carbocycles. The smallest absolute Gasteiger partial charge is 0.0843 e. The predicted octanol–water partition coefficient (Wildman–Crippen LogP) is 6.13. The highest BCUT2D eigenvalue weighted by atomic mass is 35.5. The van der Waals surface area contributed by atoms with Crippen LogP contribution in [0.5, 0.6) is 0 Å². The topological polar surface area (TPSA) is 12.9 Å². The molecule has 0 unspecified atom stereocenters. The number of halogens is 2. The summed E-state index contributed by atoms with van der Waals surface area (Å²) < 4.78 is 5.67. The fraction of sp³-hybridized carbons (Fsp3) is 0. The lowest BCUT2D eigenvalue weighted by molar-refractivity contribution is 1.57. The van der Waals surface area contributed by atoms with Crippen molar-refractivity contribution in [2.75, 3.05) is 0 Å². The summed E-state index contributed by atoms with van der Waals surface area (Å²) in [6.45, 7) is 0. The quantitative estimate of drug-likeness (QED) is 0.517. The molecule has 0 atom stereocenters. The van der Waals surface area contributed by atoms with Gasteiger partial charge in [0, 0.05) is 15.6 Å². The van der Waals surface area contributed by atoms with E-state index < -0.39 is 0 Å². The van der Waals surface area contributed by atoms with E-state index in [4.69, 9.17) is 23.2 Å². The molecule has 0 bridgehead atoms. The van der Waals surface area contributed by atoms with E-state index in [1.165, 1.54) is 15.7 Å². The summed E-state index contributed by atoms with van der Waals surface area (Å²) in [6, 6.07) is 15.5. The Labute approximate surface area is 129 Å². The van der Waals surface area contributed by atoms with Crippen molar-refractivity contribution in [2.45, 2.75) is 0 Å². The minimum Gasteiger partial charge on any atom is -0.0843 e. The lowest BCUT2D eigenvalue weighted by Crippen LogP contribution is -1.72. The number of hydrogen-bond acceptors (Lipinski definition) is 2. The Kier molecular flexibility index (Phi) is 3.80. The number of nitrogens with zero attached hydrogens (tertiary/aromatic N) is 1. The third-order valence-electron chi connectivity index (χ3n) is 2.57. The van der Waals surface area contributed by atoms with Gasteiger partial charge in [0.25, 0.3) is 5.01 Å². The second-order valence-electron chi connectivity index (χ2n) is 3.89. The van der Waals surface area contributed by atoms with Crippen LogP contribution < -0.4 is 0 Å². The second-order valence-corrected chi connectivity index (χ2v) is 6.79. The molecule has 3 aromatic rings. The Bertz CT molecular complexity index is 630.